The van der Waals surface area contributed by atoms with Crippen LogP contribution in [0, 0.1) is 0 Å². The number of H-pyrrole nitrogens is 1. The van der Waals surface area contributed by atoms with Gasteiger partial charge in [0.2, 0.25) is 0 Å². The van der Waals surface area contributed by atoms with E-state index in [1.807, 2.05) is 18.5 Å². The number of nitrogens with one attached hydrogen (secondary N) is 2. The molecule has 0 unspecified atom stereocenters. The lowest BCUT2D eigenvalue weighted by Crippen LogP contribution is -2.27. The van der Waals surface area contributed by atoms with Gasteiger partial charge in [-0.25, -0.2) is 4.98 Å². The number of imidazole rings is 1. The SMILES string of the molecule is c1cc(-c2cn3c(n2)CNCC3)c[nH]1. The van der Waals surface area contributed by atoms with Crippen LogP contribution in [0.15, 0.2) is 24.7 Å². The van der Waals surface area contributed by atoms with Crippen LogP contribution in [0.1, 0.15) is 5.82 Å². The summed E-state index contributed by atoms with van der Waals surface area (Å²) in [5.74, 6) is 1.13. The second-order valence-corrected chi connectivity index (χ2v) is 3.51. The average molecular weight is 188 g/mol. The largest absolute Gasteiger partial charge is 0.367 e. The minimum absolute atomic E-state index is 0.879. The van der Waals surface area contributed by atoms with Crippen molar-refractivity contribution >= 4 is 0 Å². The van der Waals surface area contributed by atoms with Crippen LogP contribution in [-0.2, 0) is 13.1 Å². The molecule has 2 aromatic rings. The quantitative estimate of drug-likeness (QED) is 0.700. The smallest absolute Gasteiger partial charge is 0.123 e. The van der Waals surface area contributed by atoms with Crippen LogP contribution in [-0.4, -0.2) is 21.1 Å². The zero-order chi connectivity index (χ0) is 9.38. The molecule has 2 aromatic heterocycles. The molecule has 0 aliphatic carbocycles. The van der Waals surface area contributed by atoms with E-state index in [0.717, 1.165) is 36.7 Å². The Bertz CT molecular complexity index is 403. The molecule has 4 nitrogen and oxygen atoms in total. The van der Waals surface area contributed by atoms with Crippen molar-refractivity contribution in [2.24, 2.45) is 0 Å². The van der Waals surface area contributed by atoms with Crippen LogP contribution in [0.4, 0.5) is 0 Å². The van der Waals surface area contributed by atoms with E-state index in [1.54, 1.807) is 0 Å². The van der Waals surface area contributed by atoms with Gasteiger partial charge in [0.1, 0.15) is 5.82 Å². The summed E-state index contributed by atoms with van der Waals surface area (Å²) < 4.78 is 2.22. The predicted octanol–water partition coefficient (Wildman–Crippen LogP) is 0.981. The van der Waals surface area contributed by atoms with E-state index in [-0.39, 0.29) is 0 Å². The summed E-state index contributed by atoms with van der Waals surface area (Å²) in [4.78, 5) is 7.62. The maximum absolute atomic E-state index is 4.57. The summed E-state index contributed by atoms with van der Waals surface area (Å²) >= 11 is 0. The molecule has 0 fully saturated rings. The molecule has 1 aliphatic rings. The fraction of sp³-hybridized carbons (Fsp3) is 0.300. The van der Waals surface area contributed by atoms with Gasteiger partial charge < -0.3 is 14.9 Å². The lowest BCUT2D eigenvalue weighted by atomic mass is 10.3. The number of hydrogen-bond donors (Lipinski definition) is 2. The molecule has 0 bridgehead atoms. The van der Waals surface area contributed by atoms with E-state index in [2.05, 4.69) is 26.0 Å². The van der Waals surface area contributed by atoms with Gasteiger partial charge in [-0.05, 0) is 6.07 Å². The fourth-order valence-electron chi connectivity index (χ4n) is 1.81. The third-order valence-electron chi connectivity index (χ3n) is 2.57. The zero-order valence-electron chi connectivity index (χ0n) is 7.83. The van der Waals surface area contributed by atoms with Crippen molar-refractivity contribution in [1.82, 2.24) is 19.9 Å². The molecule has 0 saturated carbocycles. The Kier molecular flexibility index (Phi) is 1.67. The highest BCUT2D eigenvalue weighted by Crippen LogP contribution is 2.18. The molecule has 14 heavy (non-hydrogen) atoms. The summed E-state index contributed by atoms with van der Waals surface area (Å²) in [7, 11) is 0. The van der Waals surface area contributed by atoms with Gasteiger partial charge in [-0.1, -0.05) is 0 Å². The Labute approximate surface area is 82.0 Å². The first kappa shape index (κ1) is 7.82. The van der Waals surface area contributed by atoms with Gasteiger partial charge in [0.05, 0.1) is 12.2 Å². The van der Waals surface area contributed by atoms with Gasteiger partial charge in [-0.15, -0.1) is 0 Å². The summed E-state index contributed by atoms with van der Waals surface area (Å²) in [6.07, 6.45) is 6.02. The highest BCUT2D eigenvalue weighted by atomic mass is 15.1. The van der Waals surface area contributed by atoms with Crippen LogP contribution in [0.25, 0.3) is 11.3 Å². The molecular weight excluding hydrogens is 176 g/mol. The molecule has 0 aromatic carbocycles. The van der Waals surface area contributed by atoms with Gasteiger partial charge in [0.15, 0.2) is 0 Å². The number of nitrogens with zero attached hydrogens (tertiary/aromatic N) is 2. The van der Waals surface area contributed by atoms with E-state index >= 15 is 0 Å². The minimum Gasteiger partial charge on any atom is -0.367 e. The van der Waals surface area contributed by atoms with Gasteiger partial charge in [0.25, 0.3) is 0 Å². The van der Waals surface area contributed by atoms with Crippen molar-refractivity contribution in [3.05, 3.63) is 30.5 Å². The average Bonchev–Trinajstić information content (AvgIpc) is 2.86. The van der Waals surface area contributed by atoms with E-state index in [9.17, 15) is 0 Å². The Morgan fingerprint density at radius 2 is 2.43 bits per heavy atom. The number of aromatic nitrogens is 3. The molecule has 0 amide bonds. The first-order valence-electron chi connectivity index (χ1n) is 4.83. The van der Waals surface area contributed by atoms with E-state index in [0.29, 0.717) is 0 Å². The van der Waals surface area contributed by atoms with Gasteiger partial charge in [0, 0.05) is 37.2 Å². The summed E-state index contributed by atoms with van der Waals surface area (Å²) in [6, 6.07) is 2.04. The molecule has 3 heterocycles. The predicted molar refractivity (Wildman–Crippen MR) is 53.7 cm³/mol. The molecule has 0 atom stereocenters. The topological polar surface area (TPSA) is 45.6 Å². The Morgan fingerprint density at radius 1 is 1.43 bits per heavy atom. The van der Waals surface area contributed by atoms with Gasteiger partial charge >= 0.3 is 0 Å². The molecule has 0 spiro atoms. The first-order chi connectivity index (χ1) is 6.93. The monoisotopic (exact) mass is 188 g/mol. The van der Waals surface area contributed by atoms with Crippen LogP contribution in [0.3, 0.4) is 0 Å². The van der Waals surface area contributed by atoms with Crippen LogP contribution >= 0.6 is 0 Å². The lowest BCUT2D eigenvalue weighted by molar-refractivity contribution is 0.505. The number of aromatic amines is 1. The molecule has 72 valence electrons. The fourth-order valence-corrected chi connectivity index (χ4v) is 1.81. The minimum atomic E-state index is 0.879. The van der Waals surface area contributed by atoms with Crippen molar-refractivity contribution in [2.75, 3.05) is 6.54 Å². The molecular formula is C10H12N4. The Balaban J connectivity index is 2.04. The first-order valence-corrected chi connectivity index (χ1v) is 4.83. The summed E-state index contributed by atoms with van der Waals surface area (Å²) in [5.41, 5.74) is 2.22. The van der Waals surface area contributed by atoms with E-state index in [1.165, 1.54) is 0 Å². The Hall–Kier alpha value is -1.55. The highest BCUT2D eigenvalue weighted by Gasteiger charge is 2.12. The highest BCUT2D eigenvalue weighted by molar-refractivity contribution is 5.57. The van der Waals surface area contributed by atoms with Crippen molar-refractivity contribution in [3.63, 3.8) is 0 Å². The maximum Gasteiger partial charge on any atom is 0.123 e. The Morgan fingerprint density at radius 3 is 3.21 bits per heavy atom. The second-order valence-electron chi connectivity index (χ2n) is 3.51. The number of rotatable bonds is 1. The third-order valence-corrected chi connectivity index (χ3v) is 2.57. The van der Waals surface area contributed by atoms with Gasteiger partial charge in [-0.3, -0.25) is 0 Å². The molecule has 1 aliphatic heterocycles. The van der Waals surface area contributed by atoms with Crippen molar-refractivity contribution in [1.29, 1.82) is 0 Å². The number of hydrogen-bond acceptors (Lipinski definition) is 2. The maximum atomic E-state index is 4.57. The van der Waals surface area contributed by atoms with Crippen molar-refractivity contribution in [2.45, 2.75) is 13.1 Å². The third kappa shape index (κ3) is 1.15. The molecule has 2 N–H and O–H groups in total. The van der Waals surface area contributed by atoms with Crippen LogP contribution in [0.5, 0.6) is 0 Å². The molecule has 0 saturated heterocycles. The van der Waals surface area contributed by atoms with E-state index < -0.39 is 0 Å². The summed E-state index contributed by atoms with van der Waals surface area (Å²) in [6.45, 7) is 2.94. The van der Waals surface area contributed by atoms with Crippen LogP contribution < -0.4 is 5.32 Å². The van der Waals surface area contributed by atoms with Crippen molar-refractivity contribution in [3.8, 4) is 11.3 Å². The van der Waals surface area contributed by atoms with Crippen LogP contribution in [0.2, 0.25) is 0 Å². The molecule has 3 rings (SSSR count). The molecule has 0 radical (unpaired) electrons. The number of fused-ring (bicyclic) bond motifs is 1. The normalized spacial score (nSPS) is 15.4. The zero-order valence-corrected chi connectivity index (χ0v) is 7.83. The van der Waals surface area contributed by atoms with Crippen molar-refractivity contribution < 1.29 is 0 Å². The standard InChI is InChI=1S/C10H12N4/c1-2-11-5-8(1)9-7-14-4-3-12-6-10(14)13-9/h1-2,5,7,11-12H,3-4,6H2. The lowest BCUT2D eigenvalue weighted by Gasteiger charge is -2.13. The second kappa shape index (κ2) is 2.99. The summed E-state index contributed by atoms with van der Waals surface area (Å²) in [5, 5.41) is 3.31. The van der Waals surface area contributed by atoms with E-state index in [4.69, 9.17) is 0 Å². The molecule has 4 heteroatoms. The van der Waals surface area contributed by atoms with Gasteiger partial charge in [-0.2, -0.15) is 0 Å².